The van der Waals surface area contributed by atoms with Crippen LogP contribution in [0.5, 0.6) is 0 Å². The highest BCUT2D eigenvalue weighted by Gasteiger charge is 2.29. The molecule has 0 aliphatic heterocycles. The molecule has 0 bridgehead atoms. The highest BCUT2D eigenvalue weighted by molar-refractivity contribution is 5.91. The fourth-order valence-electron chi connectivity index (χ4n) is 1.62. The molecular formula is C12H17N3O2. The average Bonchev–Trinajstić information content (AvgIpc) is 3.08. The first-order chi connectivity index (χ1) is 8.16. The van der Waals surface area contributed by atoms with Crippen LogP contribution in [0, 0.1) is 5.92 Å². The maximum atomic E-state index is 11.5. The van der Waals surface area contributed by atoms with Gasteiger partial charge in [-0.3, -0.25) is 9.48 Å². The number of carbonyl (C=O) groups is 1. The first-order valence-electron chi connectivity index (χ1n) is 5.79. The summed E-state index contributed by atoms with van der Waals surface area (Å²) in [7, 11) is 1.81. The van der Waals surface area contributed by atoms with Gasteiger partial charge in [-0.15, -0.1) is 0 Å². The lowest BCUT2D eigenvalue weighted by atomic mass is 10.2. The molecule has 0 spiro atoms. The Bertz CT molecular complexity index is 421. The van der Waals surface area contributed by atoms with Crippen molar-refractivity contribution in [2.24, 2.45) is 13.0 Å². The maximum Gasteiger partial charge on any atom is 0.244 e. The Morgan fingerprint density at radius 3 is 3.12 bits per heavy atom. The van der Waals surface area contributed by atoms with E-state index >= 15 is 0 Å². The highest BCUT2D eigenvalue weighted by atomic mass is 16.3. The molecule has 1 aromatic heterocycles. The van der Waals surface area contributed by atoms with E-state index in [1.54, 1.807) is 17.0 Å². The fraction of sp³-hybridized carbons (Fsp3) is 0.500. The number of carbonyl (C=O) groups excluding carboxylic acids is 1. The van der Waals surface area contributed by atoms with Crippen LogP contribution in [0.3, 0.4) is 0 Å². The largest absolute Gasteiger partial charge is 0.391 e. The van der Waals surface area contributed by atoms with Crippen molar-refractivity contribution in [3.63, 3.8) is 0 Å². The molecule has 1 fully saturated rings. The second-order valence-electron chi connectivity index (χ2n) is 4.36. The lowest BCUT2D eigenvalue weighted by Gasteiger charge is -2.08. The number of aliphatic hydroxyl groups is 1. The molecular weight excluding hydrogens is 218 g/mol. The smallest absolute Gasteiger partial charge is 0.244 e. The molecule has 1 atom stereocenters. The molecule has 5 heteroatoms. The summed E-state index contributed by atoms with van der Waals surface area (Å²) in [5.74, 6) is 0.197. The van der Waals surface area contributed by atoms with Crippen molar-refractivity contribution < 1.29 is 9.90 Å². The lowest BCUT2D eigenvalue weighted by Crippen LogP contribution is -2.31. The summed E-state index contributed by atoms with van der Waals surface area (Å²) in [5, 5.41) is 16.3. The zero-order chi connectivity index (χ0) is 12.3. The molecule has 92 valence electrons. The van der Waals surface area contributed by atoms with Gasteiger partial charge in [-0.05, 0) is 30.9 Å². The van der Waals surface area contributed by atoms with Crippen LogP contribution in [0.2, 0.25) is 0 Å². The van der Waals surface area contributed by atoms with Crippen LogP contribution in [0.25, 0.3) is 6.08 Å². The van der Waals surface area contributed by atoms with Gasteiger partial charge in [0.25, 0.3) is 0 Å². The Balaban J connectivity index is 1.76. The van der Waals surface area contributed by atoms with Crippen LogP contribution in [0.15, 0.2) is 18.3 Å². The number of hydrogen-bond donors (Lipinski definition) is 2. The summed E-state index contributed by atoms with van der Waals surface area (Å²) in [4.78, 5) is 11.5. The molecule has 2 rings (SSSR count). The molecule has 1 aliphatic rings. The predicted molar refractivity (Wildman–Crippen MR) is 64.0 cm³/mol. The number of nitrogens with zero attached hydrogens (tertiary/aromatic N) is 2. The predicted octanol–water partition coefficient (Wildman–Crippen LogP) is 0.320. The summed E-state index contributed by atoms with van der Waals surface area (Å²) >= 11 is 0. The van der Waals surface area contributed by atoms with Gasteiger partial charge >= 0.3 is 0 Å². The van der Waals surface area contributed by atoms with Crippen LogP contribution in [0.1, 0.15) is 18.5 Å². The van der Waals surface area contributed by atoms with Crippen LogP contribution < -0.4 is 5.32 Å². The number of aromatic nitrogens is 2. The van der Waals surface area contributed by atoms with E-state index in [9.17, 15) is 9.90 Å². The van der Waals surface area contributed by atoms with Crippen molar-refractivity contribution in [1.29, 1.82) is 0 Å². The van der Waals surface area contributed by atoms with E-state index in [4.69, 9.17) is 0 Å². The molecule has 0 saturated heterocycles. The minimum atomic E-state index is -0.399. The number of hydrogen-bond acceptors (Lipinski definition) is 3. The quantitative estimate of drug-likeness (QED) is 0.722. The molecule has 2 N–H and O–H groups in total. The zero-order valence-corrected chi connectivity index (χ0v) is 9.84. The van der Waals surface area contributed by atoms with E-state index in [0.717, 1.165) is 18.5 Å². The van der Waals surface area contributed by atoms with Gasteiger partial charge < -0.3 is 10.4 Å². The van der Waals surface area contributed by atoms with Gasteiger partial charge in [-0.25, -0.2) is 0 Å². The summed E-state index contributed by atoms with van der Waals surface area (Å²) < 4.78 is 1.68. The highest BCUT2D eigenvalue weighted by Crippen LogP contribution is 2.32. The first kappa shape index (κ1) is 11.9. The van der Waals surface area contributed by atoms with Gasteiger partial charge in [-0.1, -0.05) is 0 Å². The Labute approximate surface area is 100 Å². The molecule has 1 amide bonds. The maximum absolute atomic E-state index is 11.5. The molecule has 1 unspecified atom stereocenters. The van der Waals surface area contributed by atoms with E-state index in [1.165, 1.54) is 6.08 Å². The van der Waals surface area contributed by atoms with Gasteiger partial charge in [0.15, 0.2) is 0 Å². The topological polar surface area (TPSA) is 67.2 Å². The summed E-state index contributed by atoms with van der Waals surface area (Å²) in [6.45, 7) is 0.333. The van der Waals surface area contributed by atoms with Crippen molar-refractivity contribution in [3.8, 4) is 0 Å². The standard InChI is InChI=1S/C12H17N3O2/c1-15-10(6-7-14-15)4-5-12(17)13-8-11(16)9-2-3-9/h4-7,9,11,16H,2-3,8H2,1H3,(H,13,17). The Morgan fingerprint density at radius 1 is 1.76 bits per heavy atom. The first-order valence-corrected chi connectivity index (χ1v) is 5.79. The van der Waals surface area contributed by atoms with Gasteiger partial charge in [0.2, 0.25) is 5.91 Å². The average molecular weight is 235 g/mol. The Kier molecular flexibility index (Phi) is 3.58. The minimum Gasteiger partial charge on any atom is -0.391 e. The Hall–Kier alpha value is -1.62. The van der Waals surface area contributed by atoms with E-state index in [2.05, 4.69) is 10.4 Å². The molecule has 1 saturated carbocycles. The van der Waals surface area contributed by atoms with Gasteiger partial charge in [0, 0.05) is 25.9 Å². The van der Waals surface area contributed by atoms with E-state index in [-0.39, 0.29) is 5.91 Å². The molecule has 5 nitrogen and oxygen atoms in total. The number of amides is 1. The van der Waals surface area contributed by atoms with E-state index < -0.39 is 6.10 Å². The SMILES string of the molecule is Cn1nccc1C=CC(=O)NCC(O)C1CC1. The minimum absolute atomic E-state index is 0.189. The molecule has 1 aliphatic carbocycles. The molecule has 0 radical (unpaired) electrons. The van der Waals surface area contributed by atoms with Crippen molar-refractivity contribution in [2.45, 2.75) is 18.9 Å². The van der Waals surface area contributed by atoms with Gasteiger partial charge in [0.1, 0.15) is 0 Å². The van der Waals surface area contributed by atoms with Gasteiger partial charge in [0.05, 0.1) is 11.8 Å². The number of aryl methyl sites for hydroxylation is 1. The van der Waals surface area contributed by atoms with Crippen molar-refractivity contribution in [1.82, 2.24) is 15.1 Å². The Morgan fingerprint density at radius 2 is 2.53 bits per heavy atom. The number of nitrogens with one attached hydrogen (secondary N) is 1. The third-order valence-electron chi connectivity index (χ3n) is 2.92. The third kappa shape index (κ3) is 3.42. The van der Waals surface area contributed by atoms with Crippen LogP contribution >= 0.6 is 0 Å². The normalized spacial score (nSPS) is 17.3. The van der Waals surface area contributed by atoms with Crippen LogP contribution in [-0.2, 0) is 11.8 Å². The van der Waals surface area contributed by atoms with Crippen LogP contribution in [-0.4, -0.2) is 33.4 Å². The monoisotopic (exact) mass is 235 g/mol. The zero-order valence-electron chi connectivity index (χ0n) is 9.84. The summed E-state index contributed by atoms with van der Waals surface area (Å²) in [6, 6.07) is 1.82. The summed E-state index contributed by atoms with van der Waals surface area (Å²) in [5.41, 5.74) is 0.864. The van der Waals surface area contributed by atoms with Gasteiger partial charge in [-0.2, -0.15) is 5.10 Å². The van der Waals surface area contributed by atoms with E-state index in [0.29, 0.717) is 12.5 Å². The lowest BCUT2D eigenvalue weighted by molar-refractivity contribution is -0.116. The second kappa shape index (κ2) is 5.14. The number of rotatable bonds is 5. The molecule has 17 heavy (non-hydrogen) atoms. The molecule has 1 aromatic rings. The number of aliphatic hydroxyl groups excluding tert-OH is 1. The van der Waals surface area contributed by atoms with E-state index in [1.807, 2.05) is 13.1 Å². The fourth-order valence-corrected chi connectivity index (χ4v) is 1.62. The van der Waals surface area contributed by atoms with Crippen molar-refractivity contribution in [3.05, 3.63) is 24.0 Å². The van der Waals surface area contributed by atoms with Crippen molar-refractivity contribution >= 4 is 12.0 Å². The van der Waals surface area contributed by atoms with Crippen molar-refractivity contribution in [2.75, 3.05) is 6.54 Å². The molecule has 0 aromatic carbocycles. The second-order valence-corrected chi connectivity index (χ2v) is 4.36. The summed E-state index contributed by atoms with van der Waals surface area (Å²) in [6.07, 6.45) is 6.57. The third-order valence-corrected chi connectivity index (χ3v) is 2.92. The molecule has 1 heterocycles. The van der Waals surface area contributed by atoms with Crippen LogP contribution in [0.4, 0.5) is 0 Å².